The molecule has 0 atom stereocenters. The fourth-order valence-corrected chi connectivity index (χ4v) is 5.35. The number of halogens is 4. The molecule has 0 saturated carbocycles. The molecule has 0 unspecified atom stereocenters. The number of carbonyl (C=O) groups excluding carboxylic acids is 1. The van der Waals surface area contributed by atoms with E-state index in [0.717, 1.165) is 13.5 Å². The third-order valence-corrected chi connectivity index (χ3v) is 7.35. The molecule has 0 spiro atoms. The van der Waals surface area contributed by atoms with Crippen molar-refractivity contribution in [1.29, 1.82) is 0 Å². The first-order valence-corrected chi connectivity index (χ1v) is 11.1. The molecule has 2 rings (SSSR count). The molecule has 133 valence electrons. The second kappa shape index (κ2) is 8.93. The third-order valence-electron chi connectivity index (χ3n) is 3.16. The van der Waals surface area contributed by atoms with Gasteiger partial charge in [0.15, 0.2) is 0 Å². The van der Waals surface area contributed by atoms with E-state index in [0.29, 0.717) is 0 Å². The van der Waals surface area contributed by atoms with E-state index in [-0.39, 0.29) is 20.5 Å². The summed E-state index contributed by atoms with van der Waals surface area (Å²) in [5.74, 6) is -2.58. The van der Waals surface area contributed by atoms with E-state index in [1.807, 2.05) is 25.1 Å². The molecule has 0 saturated heterocycles. The molecule has 2 aromatic rings. The van der Waals surface area contributed by atoms with Crippen molar-refractivity contribution < 1.29 is 18.4 Å². The van der Waals surface area contributed by atoms with Gasteiger partial charge in [-0.25, -0.2) is 0 Å². The molecule has 2 aromatic carbocycles. The minimum absolute atomic E-state index is 0.0735. The maximum atomic E-state index is 14.6. The molecule has 1 radical (unpaired) electrons. The Balaban J connectivity index is 2.47. The van der Waals surface area contributed by atoms with Crippen LogP contribution in [0.4, 0.5) is 8.78 Å². The number of nitrogens with one attached hydrogen (secondary N) is 1. The first kappa shape index (κ1) is 20.8. The molecule has 0 bridgehead atoms. The molecule has 0 aliphatic heterocycles. The summed E-state index contributed by atoms with van der Waals surface area (Å²) >= 11 is 4.24. The number of benzene rings is 2. The molecule has 1 N–H and O–H groups in total. The molecule has 3 nitrogen and oxygen atoms in total. The van der Waals surface area contributed by atoms with Crippen LogP contribution in [-0.2, 0) is 4.84 Å². The summed E-state index contributed by atoms with van der Waals surface area (Å²) in [5, 5.41) is 0. The van der Waals surface area contributed by atoms with Crippen LogP contribution < -0.4 is 14.2 Å². The van der Waals surface area contributed by atoms with Crippen LogP contribution >= 0.6 is 38.5 Å². The Kier molecular flexibility index (Phi) is 7.43. The molecular weight excluding hydrogens is 570 g/mol. The van der Waals surface area contributed by atoms with Gasteiger partial charge < -0.3 is 0 Å². The van der Waals surface area contributed by atoms with E-state index in [1.54, 1.807) is 13.8 Å². The first-order chi connectivity index (χ1) is 11.7. The van der Waals surface area contributed by atoms with E-state index in [9.17, 15) is 13.6 Å². The molecule has 25 heavy (non-hydrogen) atoms. The molecule has 0 fully saturated rings. The molecular formula is C17H15AsBrF2INO2. The van der Waals surface area contributed by atoms with Crippen molar-refractivity contribution in [2.75, 3.05) is 0 Å². The zero-order chi connectivity index (χ0) is 18.7. The van der Waals surface area contributed by atoms with Crippen LogP contribution in [0.15, 0.2) is 28.7 Å². The second-order valence-corrected chi connectivity index (χ2v) is 10.0. The maximum absolute atomic E-state index is 14.6. The normalized spacial score (nSPS) is 11.5. The van der Waals surface area contributed by atoms with Gasteiger partial charge in [0.2, 0.25) is 0 Å². The van der Waals surface area contributed by atoms with Crippen LogP contribution in [0.2, 0.25) is 0 Å². The molecule has 0 aliphatic carbocycles. The fraction of sp³-hybridized carbons (Fsp3) is 0.235. The molecule has 1 amide bonds. The van der Waals surface area contributed by atoms with E-state index in [1.165, 1.54) is 6.07 Å². The summed E-state index contributed by atoms with van der Waals surface area (Å²) in [7, 11) is 0. The predicted octanol–water partition coefficient (Wildman–Crippen LogP) is 3.37. The number of amides is 1. The van der Waals surface area contributed by atoms with Crippen LogP contribution in [0.1, 0.15) is 29.8 Å². The Hall–Kier alpha value is -0.502. The topological polar surface area (TPSA) is 38.3 Å². The fourth-order valence-electron chi connectivity index (χ4n) is 1.96. The summed E-state index contributed by atoms with van der Waals surface area (Å²) in [4.78, 5) is 17.5. The Morgan fingerprint density at radius 3 is 2.56 bits per heavy atom. The van der Waals surface area contributed by atoms with Gasteiger partial charge in [-0.05, 0) is 0 Å². The summed E-state index contributed by atoms with van der Waals surface area (Å²) in [6.07, 6.45) is -0.229. The van der Waals surface area contributed by atoms with Crippen molar-refractivity contribution in [3.63, 3.8) is 0 Å². The van der Waals surface area contributed by atoms with E-state index in [4.69, 9.17) is 4.84 Å². The van der Waals surface area contributed by atoms with Crippen LogP contribution in [0, 0.1) is 22.1 Å². The third kappa shape index (κ3) is 5.25. The standard InChI is InChI=1S/C17H15AsBrF2INO2/c1-8(2)25-23-17(24)11-7-13(19)15(20)16(21)14(11)18-12-5-4-10(22)6-9(12)3/h4-8H,1-3H3,(H,23,24). The van der Waals surface area contributed by atoms with Crippen LogP contribution in [0.5, 0.6) is 0 Å². The predicted molar refractivity (Wildman–Crippen MR) is 107 cm³/mol. The summed E-state index contributed by atoms with van der Waals surface area (Å²) in [6.45, 7) is 5.42. The monoisotopic (exact) mass is 584 g/mol. The van der Waals surface area contributed by atoms with Gasteiger partial charge in [0, 0.05) is 0 Å². The molecule has 0 heterocycles. The molecule has 0 aromatic heterocycles. The van der Waals surface area contributed by atoms with Gasteiger partial charge in [-0.3, -0.25) is 0 Å². The quantitative estimate of drug-likeness (QED) is 0.253. The zero-order valence-corrected chi connectivity index (χ0v) is 19.3. The number of hydroxylamine groups is 1. The van der Waals surface area contributed by atoms with Crippen LogP contribution in [0.3, 0.4) is 0 Å². The number of hydrogen-bond donors (Lipinski definition) is 1. The Morgan fingerprint density at radius 2 is 1.96 bits per heavy atom. The van der Waals surface area contributed by atoms with Crippen molar-refractivity contribution in [3.8, 4) is 0 Å². The van der Waals surface area contributed by atoms with Gasteiger partial charge >= 0.3 is 175 Å². The molecule has 8 heteroatoms. The minimum atomic E-state index is -0.998. The number of hydrogen-bond acceptors (Lipinski definition) is 2. The van der Waals surface area contributed by atoms with E-state index >= 15 is 0 Å². The van der Waals surface area contributed by atoms with Crippen molar-refractivity contribution in [2.24, 2.45) is 0 Å². The van der Waals surface area contributed by atoms with Gasteiger partial charge in [-0.2, -0.15) is 0 Å². The van der Waals surface area contributed by atoms with Gasteiger partial charge in [0.05, 0.1) is 0 Å². The zero-order valence-electron chi connectivity index (χ0n) is 13.7. The number of carbonyl (C=O) groups is 1. The molecule has 0 aliphatic rings. The van der Waals surface area contributed by atoms with Crippen LogP contribution in [-0.4, -0.2) is 27.8 Å². The summed E-state index contributed by atoms with van der Waals surface area (Å²) in [6, 6.07) is 7.07. The first-order valence-electron chi connectivity index (χ1n) is 7.32. The second-order valence-electron chi connectivity index (χ2n) is 5.52. The van der Waals surface area contributed by atoms with Gasteiger partial charge in [0.1, 0.15) is 0 Å². The van der Waals surface area contributed by atoms with E-state index in [2.05, 4.69) is 44.0 Å². The Labute approximate surface area is 173 Å². The van der Waals surface area contributed by atoms with Gasteiger partial charge in [-0.15, -0.1) is 0 Å². The Bertz CT molecular complexity index is 818. The number of rotatable bonds is 5. The van der Waals surface area contributed by atoms with Crippen molar-refractivity contribution in [1.82, 2.24) is 5.48 Å². The van der Waals surface area contributed by atoms with Crippen molar-refractivity contribution in [3.05, 3.63) is 55.1 Å². The van der Waals surface area contributed by atoms with Crippen LogP contribution in [0.25, 0.3) is 0 Å². The summed E-state index contributed by atoms with van der Waals surface area (Å²) < 4.78 is 30.6. The summed E-state index contributed by atoms with van der Waals surface area (Å²) in [5.41, 5.74) is 3.35. The average Bonchev–Trinajstić information content (AvgIpc) is 2.54. The number of aryl methyl sites for hydroxylation is 1. The van der Waals surface area contributed by atoms with E-state index < -0.39 is 33.3 Å². The average molecular weight is 585 g/mol. The van der Waals surface area contributed by atoms with Gasteiger partial charge in [0.25, 0.3) is 0 Å². The SMILES string of the molecule is Cc1cc(I)ccc1[As]c1c(C(=O)NOC(C)C)cc(Br)c(F)c1F. The van der Waals surface area contributed by atoms with Gasteiger partial charge in [-0.1, -0.05) is 0 Å². The van der Waals surface area contributed by atoms with Crippen molar-refractivity contribution in [2.45, 2.75) is 26.9 Å². The van der Waals surface area contributed by atoms with Crippen molar-refractivity contribution >= 4 is 68.9 Å². The Morgan fingerprint density at radius 1 is 1.28 bits per heavy atom.